The van der Waals surface area contributed by atoms with Gasteiger partial charge in [-0.2, -0.15) is 0 Å². The molecule has 29 heavy (non-hydrogen) atoms. The van der Waals surface area contributed by atoms with Crippen molar-refractivity contribution in [1.82, 2.24) is 14.5 Å². The highest BCUT2D eigenvalue weighted by atomic mass is 35.5. The molecule has 5 heteroatoms. The zero-order valence-electron chi connectivity index (χ0n) is 17.8. The largest absolute Gasteiger partial charge is 0.495 e. The van der Waals surface area contributed by atoms with Crippen LogP contribution in [0.5, 0.6) is 5.75 Å². The van der Waals surface area contributed by atoms with Crippen LogP contribution in [0.15, 0.2) is 30.3 Å². The Morgan fingerprint density at radius 2 is 1.72 bits per heavy atom. The number of hydrogen-bond donors (Lipinski definition) is 0. The van der Waals surface area contributed by atoms with E-state index < -0.39 is 0 Å². The fourth-order valence-electron chi connectivity index (χ4n) is 4.28. The van der Waals surface area contributed by atoms with Crippen LogP contribution in [0.1, 0.15) is 37.4 Å². The molecule has 2 atom stereocenters. The predicted molar refractivity (Wildman–Crippen MR) is 119 cm³/mol. The third kappa shape index (κ3) is 3.78. The number of fused-ring (bicyclic) bond motifs is 1. The molecule has 0 spiro atoms. The molecule has 1 aliphatic heterocycles. The average molecular weight is 410 g/mol. The van der Waals surface area contributed by atoms with Crippen molar-refractivity contribution in [2.45, 2.75) is 47.1 Å². The zero-order valence-corrected chi connectivity index (χ0v) is 18.5. The highest BCUT2D eigenvalue weighted by Gasteiger charge is 2.27. The van der Waals surface area contributed by atoms with Crippen molar-refractivity contribution >= 4 is 11.6 Å². The molecule has 2 unspecified atom stereocenters. The number of aryl methyl sites for hydroxylation is 2. The van der Waals surface area contributed by atoms with Crippen LogP contribution in [-0.2, 0) is 13.0 Å². The van der Waals surface area contributed by atoms with Crippen LogP contribution in [-0.4, -0.2) is 21.6 Å². The molecule has 0 amide bonds. The lowest BCUT2D eigenvalue weighted by atomic mass is 9.92. The first-order valence-corrected chi connectivity index (χ1v) is 10.6. The topological polar surface area (TPSA) is 39.9 Å². The van der Waals surface area contributed by atoms with Crippen molar-refractivity contribution in [3.05, 3.63) is 52.4 Å². The van der Waals surface area contributed by atoms with Gasteiger partial charge in [-0.05, 0) is 68.9 Å². The summed E-state index contributed by atoms with van der Waals surface area (Å²) >= 11 is 6.44. The Balaban J connectivity index is 1.92. The van der Waals surface area contributed by atoms with Crippen molar-refractivity contribution in [3.63, 3.8) is 0 Å². The van der Waals surface area contributed by atoms with E-state index in [0.717, 1.165) is 47.0 Å². The van der Waals surface area contributed by atoms with Crippen molar-refractivity contribution in [1.29, 1.82) is 0 Å². The molecule has 0 aliphatic carbocycles. The molecule has 0 saturated heterocycles. The molecule has 1 aromatic carbocycles. The summed E-state index contributed by atoms with van der Waals surface area (Å²) in [6, 6.07) is 10.2. The van der Waals surface area contributed by atoms with E-state index in [1.54, 1.807) is 7.11 Å². The molecule has 2 aromatic heterocycles. The quantitative estimate of drug-likeness (QED) is 0.524. The molecule has 0 fully saturated rings. The fraction of sp³-hybridized carbons (Fsp3) is 0.417. The van der Waals surface area contributed by atoms with Crippen LogP contribution in [0.4, 0.5) is 0 Å². The van der Waals surface area contributed by atoms with Crippen molar-refractivity contribution < 1.29 is 4.74 Å². The minimum Gasteiger partial charge on any atom is -0.495 e. The summed E-state index contributed by atoms with van der Waals surface area (Å²) in [4.78, 5) is 9.69. The first kappa shape index (κ1) is 20.0. The number of benzene rings is 1. The molecule has 4 nitrogen and oxygen atoms in total. The van der Waals surface area contributed by atoms with Crippen LogP contribution in [0.3, 0.4) is 0 Å². The van der Waals surface area contributed by atoms with Crippen LogP contribution < -0.4 is 4.74 Å². The van der Waals surface area contributed by atoms with E-state index in [9.17, 15) is 0 Å². The van der Waals surface area contributed by atoms with E-state index >= 15 is 0 Å². The second-order valence-corrected chi connectivity index (χ2v) is 8.73. The Labute approximate surface area is 177 Å². The smallest absolute Gasteiger partial charge is 0.140 e. The average Bonchev–Trinajstić information content (AvgIpc) is 2.96. The third-order valence-corrected chi connectivity index (χ3v) is 6.41. The Bertz CT molecular complexity index is 1040. The maximum atomic E-state index is 6.44. The monoisotopic (exact) mass is 409 g/mol. The Kier molecular flexibility index (Phi) is 5.39. The highest BCUT2D eigenvalue weighted by molar-refractivity contribution is 6.32. The number of rotatable bonds is 3. The van der Waals surface area contributed by atoms with Crippen LogP contribution in [0.2, 0.25) is 5.02 Å². The van der Waals surface area contributed by atoms with Gasteiger partial charge in [0.05, 0.1) is 17.8 Å². The van der Waals surface area contributed by atoms with E-state index in [-0.39, 0.29) is 0 Å². The number of halogens is 1. The molecule has 0 bridgehead atoms. The summed E-state index contributed by atoms with van der Waals surface area (Å²) in [5.41, 5.74) is 6.59. The van der Waals surface area contributed by atoms with Gasteiger partial charge >= 0.3 is 0 Å². The summed E-state index contributed by atoms with van der Waals surface area (Å²) in [7, 11) is 1.64. The van der Waals surface area contributed by atoms with Crippen molar-refractivity contribution in [2.24, 2.45) is 11.8 Å². The Morgan fingerprint density at radius 1 is 1.00 bits per heavy atom. The SMILES string of the molecule is COc1ccc(-c2nc(-c3cc(C)nc(C)c3)c3n2CC(C)C(C)CC3)cc1Cl. The number of pyridine rings is 1. The molecule has 0 N–H and O–H groups in total. The number of imidazole rings is 1. The predicted octanol–water partition coefficient (Wildman–Crippen LogP) is 6.11. The third-order valence-electron chi connectivity index (χ3n) is 6.12. The van der Waals surface area contributed by atoms with E-state index in [1.807, 2.05) is 32.0 Å². The van der Waals surface area contributed by atoms with Gasteiger partial charge in [0, 0.05) is 34.8 Å². The molecule has 0 saturated carbocycles. The van der Waals surface area contributed by atoms with Crippen molar-refractivity contribution in [2.75, 3.05) is 7.11 Å². The Morgan fingerprint density at radius 3 is 2.38 bits per heavy atom. The summed E-state index contributed by atoms with van der Waals surface area (Å²) in [6.45, 7) is 9.74. The maximum Gasteiger partial charge on any atom is 0.140 e. The first-order valence-electron chi connectivity index (χ1n) is 10.3. The molecule has 4 rings (SSSR count). The number of ether oxygens (including phenoxy) is 1. The van der Waals surface area contributed by atoms with Crippen LogP contribution in [0.25, 0.3) is 22.6 Å². The standard InChI is InChI=1S/C24H28ClN3O/c1-14-6-8-21-23(19-10-16(3)26-17(4)11-19)27-24(28(21)13-15(14)2)18-7-9-22(29-5)20(25)12-18/h7,9-12,14-15H,6,8,13H2,1-5H3. The summed E-state index contributed by atoms with van der Waals surface area (Å²) < 4.78 is 7.74. The summed E-state index contributed by atoms with van der Waals surface area (Å²) in [5.74, 6) is 2.93. The van der Waals surface area contributed by atoms with E-state index in [4.69, 9.17) is 21.3 Å². The highest BCUT2D eigenvalue weighted by Crippen LogP contribution is 2.37. The normalized spacial score (nSPS) is 19.0. The minimum atomic E-state index is 0.590. The van der Waals surface area contributed by atoms with E-state index in [2.05, 4.69) is 35.5 Å². The first-order chi connectivity index (χ1) is 13.9. The van der Waals surface area contributed by atoms with Crippen molar-refractivity contribution in [3.8, 4) is 28.4 Å². The second kappa shape index (κ2) is 7.83. The molecule has 0 radical (unpaired) electrons. The molecule has 152 valence electrons. The minimum absolute atomic E-state index is 0.590. The van der Waals surface area contributed by atoms with Gasteiger partial charge in [0.25, 0.3) is 0 Å². The van der Waals surface area contributed by atoms with Gasteiger partial charge in [0.1, 0.15) is 11.6 Å². The van der Waals surface area contributed by atoms with Gasteiger partial charge < -0.3 is 9.30 Å². The van der Waals surface area contributed by atoms with Gasteiger partial charge in [-0.15, -0.1) is 0 Å². The lowest BCUT2D eigenvalue weighted by molar-refractivity contribution is 0.346. The van der Waals surface area contributed by atoms with Gasteiger partial charge in [-0.3, -0.25) is 4.98 Å². The van der Waals surface area contributed by atoms with Gasteiger partial charge in [0.2, 0.25) is 0 Å². The van der Waals surface area contributed by atoms with Gasteiger partial charge in [-0.1, -0.05) is 25.4 Å². The maximum absolute atomic E-state index is 6.44. The Hall–Kier alpha value is -2.33. The number of aromatic nitrogens is 3. The lowest BCUT2D eigenvalue weighted by Crippen LogP contribution is -2.13. The molecular weight excluding hydrogens is 382 g/mol. The second-order valence-electron chi connectivity index (χ2n) is 8.32. The summed E-state index contributed by atoms with van der Waals surface area (Å²) in [5, 5.41) is 0.606. The molecular formula is C24H28ClN3O. The number of methoxy groups -OCH3 is 1. The van der Waals surface area contributed by atoms with Crippen LogP contribution in [0, 0.1) is 25.7 Å². The molecule has 3 aromatic rings. The van der Waals surface area contributed by atoms with E-state index in [1.165, 1.54) is 12.1 Å². The van der Waals surface area contributed by atoms with Gasteiger partial charge in [-0.25, -0.2) is 4.98 Å². The van der Waals surface area contributed by atoms with E-state index in [0.29, 0.717) is 22.6 Å². The molecule has 1 aliphatic rings. The fourth-order valence-corrected chi connectivity index (χ4v) is 4.54. The number of hydrogen-bond acceptors (Lipinski definition) is 3. The zero-order chi connectivity index (χ0) is 20.7. The van der Waals surface area contributed by atoms with Crippen LogP contribution >= 0.6 is 11.6 Å². The van der Waals surface area contributed by atoms with Gasteiger partial charge in [0.15, 0.2) is 0 Å². The summed E-state index contributed by atoms with van der Waals surface area (Å²) in [6.07, 6.45) is 2.20. The number of nitrogens with zero attached hydrogens (tertiary/aromatic N) is 3. The molecule has 3 heterocycles. The lowest BCUT2D eigenvalue weighted by Gasteiger charge is -2.17.